The average Bonchev–Trinajstić information content (AvgIpc) is 3.13. The van der Waals surface area contributed by atoms with Gasteiger partial charge in [0.1, 0.15) is 5.75 Å². The molecule has 2 heterocycles. The van der Waals surface area contributed by atoms with Crippen molar-refractivity contribution in [3.05, 3.63) is 52.6 Å². The number of anilines is 1. The monoisotopic (exact) mass is 498 g/mol. The Balaban J connectivity index is 1.87. The van der Waals surface area contributed by atoms with Gasteiger partial charge in [0.25, 0.3) is 16.4 Å². The number of methoxy groups -OCH3 is 1. The van der Waals surface area contributed by atoms with Crippen LogP contribution in [-0.4, -0.2) is 32.6 Å². The molecule has 0 spiro atoms. The van der Waals surface area contributed by atoms with E-state index in [1.807, 2.05) is 0 Å². The first-order valence-electron chi connectivity index (χ1n) is 9.60. The second kappa shape index (κ2) is 8.19. The van der Waals surface area contributed by atoms with Crippen molar-refractivity contribution >= 4 is 42.5 Å². The number of ether oxygens (including phenoxy) is 1. The normalized spacial score (nSPS) is 15.2. The van der Waals surface area contributed by atoms with Crippen molar-refractivity contribution in [3.63, 3.8) is 0 Å². The van der Waals surface area contributed by atoms with Gasteiger partial charge in [-0.1, -0.05) is 15.9 Å². The molecule has 30 heavy (non-hydrogen) atoms. The van der Waals surface area contributed by atoms with Crippen LogP contribution >= 0.6 is 15.9 Å². The van der Waals surface area contributed by atoms with E-state index in [1.165, 1.54) is 18.2 Å². The second-order valence-corrected chi connectivity index (χ2v) is 9.96. The lowest BCUT2D eigenvalue weighted by Gasteiger charge is -2.30. The van der Waals surface area contributed by atoms with Crippen LogP contribution in [0.5, 0.6) is 5.75 Å². The fraction of sp³-hybridized carbons (Fsp3) is 0.333. The SMILES string of the molecule is COc1ccc(S(=O)(=O)n2cc(C(F)F)c3cc(Br)ccc32)cc1N1CCCCC1. The summed E-state index contributed by atoms with van der Waals surface area (Å²) in [6.07, 6.45) is 1.40. The molecule has 4 rings (SSSR count). The summed E-state index contributed by atoms with van der Waals surface area (Å²) in [5, 5.41) is 0.202. The molecule has 1 aliphatic heterocycles. The Labute approximate surface area is 182 Å². The minimum Gasteiger partial charge on any atom is -0.495 e. The third-order valence-corrected chi connectivity index (χ3v) is 7.57. The van der Waals surface area contributed by atoms with Crippen molar-refractivity contribution in [2.45, 2.75) is 30.6 Å². The number of hydrogen-bond donors (Lipinski definition) is 0. The molecule has 0 amide bonds. The lowest BCUT2D eigenvalue weighted by atomic mass is 10.1. The maximum absolute atomic E-state index is 13.6. The van der Waals surface area contributed by atoms with Gasteiger partial charge in [-0.2, -0.15) is 0 Å². The number of fused-ring (bicyclic) bond motifs is 1. The second-order valence-electron chi connectivity index (χ2n) is 7.23. The molecular formula is C21H21BrF2N2O3S. The molecule has 0 N–H and O–H groups in total. The number of aromatic nitrogens is 1. The highest BCUT2D eigenvalue weighted by Gasteiger charge is 2.26. The summed E-state index contributed by atoms with van der Waals surface area (Å²) in [6.45, 7) is 1.63. The Bertz CT molecular complexity index is 1190. The van der Waals surface area contributed by atoms with E-state index >= 15 is 0 Å². The molecule has 1 fully saturated rings. The highest BCUT2D eigenvalue weighted by Crippen LogP contribution is 2.36. The zero-order chi connectivity index (χ0) is 21.5. The van der Waals surface area contributed by atoms with Crippen LogP contribution in [0.1, 0.15) is 31.3 Å². The molecule has 0 bridgehead atoms. The molecule has 0 radical (unpaired) electrons. The summed E-state index contributed by atoms with van der Waals surface area (Å²) >= 11 is 3.27. The van der Waals surface area contributed by atoms with Gasteiger partial charge >= 0.3 is 0 Å². The number of hydrogen-bond acceptors (Lipinski definition) is 4. The third-order valence-electron chi connectivity index (χ3n) is 5.40. The predicted octanol–water partition coefficient (Wildman–Crippen LogP) is 5.58. The van der Waals surface area contributed by atoms with Crippen molar-refractivity contribution in [3.8, 4) is 5.75 Å². The van der Waals surface area contributed by atoms with Crippen molar-refractivity contribution < 1.29 is 21.9 Å². The quantitative estimate of drug-likeness (QED) is 0.460. The van der Waals surface area contributed by atoms with E-state index in [-0.39, 0.29) is 21.4 Å². The maximum atomic E-state index is 13.6. The van der Waals surface area contributed by atoms with Crippen molar-refractivity contribution in [1.82, 2.24) is 3.97 Å². The van der Waals surface area contributed by atoms with Crippen molar-refractivity contribution in [2.24, 2.45) is 0 Å². The molecule has 3 aromatic rings. The van der Waals surface area contributed by atoms with Crippen LogP contribution in [-0.2, 0) is 10.0 Å². The molecule has 0 saturated carbocycles. The van der Waals surface area contributed by atoms with Crippen LogP contribution in [0.15, 0.2) is 52.0 Å². The Morgan fingerprint density at radius 2 is 1.80 bits per heavy atom. The Hall–Kier alpha value is -2.13. The van der Waals surface area contributed by atoms with Gasteiger partial charge in [0, 0.05) is 34.7 Å². The van der Waals surface area contributed by atoms with Crippen molar-refractivity contribution in [2.75, 3.05) is 25.1 Å². The molecule has 1 aliphatic rings. The van der Waals surface area contributed by atoms with Crippen LogP contribution in [0.4, 0.5) is 14.5 Å². The van der Waals surface area contributed by atoms with Crippen molar-refractivity contribution in [1.29, 1.82) is 0 Å². The Kier molecular flexibility index (Phi) is 5.76. The van der Waals surface area contributed by atoms with Crippen LogP contribution < -0.4 is 9.64 Å². The molecular weight excluding hydrogens is 478 g/mol. The van der Waals surface area contributed by atoms with Gasteiger partial charge in [-0.25, -0.2) is 21.2 Å². The number of rotatable bonds is 5. The highest BCUT2D eigenvalue weighted by molar-refractivity contribution is 9.10. The van der Waals surface area contributed by atoms with E-state index in [9.17, 15) is 17.2 Å². The van der Waals surface area contributed by atoms with Gasteiger partial charge in [0.15, 0.2) is 0 Å². The minimum absolute atomic E-state index is 0.0320. The van der Waals surface area contributed by atoms with E-state index in [4.69, 9.17) is 4.74 Å². The van der Waals surface area contributed by atoms with Crippen LogP contribution in [0.25, 0.3) is 10.9 Å². The van der Waals surface area contributed by atoms with E-state index in [1.54, 1.807) is 25.3 Å². The number of benzene rings is 2. The van der Waals surface area contributed by atoms with Gasteiger partial charge in [0.2, 0.25) is 0 Å². The molecule has 0 unspecified atom stereocenters. The summed E-state index contributed by atoms with van der Waals surface area (Å²) in [6, 6.07) is 9.32. The Morgan fingerprint density at radius 3 is 2.47 bits per heavy atom. The lowest BCUT2D eigenvalue weighted by molar-refractivity contribution is 0.153. The molecule has 9 heteroatoms. The van der Waals surface area contributed by atoms with E-state index in [0.717, 1.165) is 42.5 Å². The van der Waals surface area contributed by atoms with Gasteiger partial charge < -0.3 is 9.64 Å². The van der Waals surface area contributed by atoms with Gasteiger partial charge in [-0.3, -0.25) is 0 Å². The van der Waals surface area contributed by atoms with Gasteiger partial charge in [-0.05, 0) is 55.7 Å². The standard InChI is InChI=1S/C21H21BrF2N2O3S/c1-29-20-8-6-15(12-19(20)25-9-3-2-4-10-25)30(27,28)26-13-17(21(23)24)16-11-14(22)5-7-18(16)26/h5-8,11-13,21H,2-4,9-10H2,1H3. The van der Waals surface area contributed by atoms with E-state index in [2.05, 4.69) is 20.8 Å². The van der Waals surface area contributed by atoms with Crippen LogP contribution in [0.2, 0.25) is 0 Å². The molecule has 0 atom stereocenters. The molecule has 160 valence electrons. The van der Waals surface area contributed by atoms with Gasteiger partial charge in [-0.15, -0.1) is 0 Å². The lowest BCUT2D eigenvalue weighted by Crippen LogP contribution is -2.30. The predicted molar refractivity (Wildman–Crippen MR) is 116 cm³/mol. The number of alkyl halides is 2. The number of halogens is 3. The summed E-state index contributed by atoms with van der Waals surface area (Å²) < 4.78 is 61.1. The zero-order valence-corrected chi connectivity index (χ0v) is 18.7. The first kappa shape index (κ1) is 21.1. The maximum Gasteiger partial charge on any atom is 0.268 e. The first-order valence-corrected chi connectivity index (χ1v) is 11.8. The fourth-order valence-electron chi connectivity index (χ4n) is 3.90. The summed E-state index contributed by atoms with van der Waals surface area (Å²) in [5.74, 6) is 0.588. The number of piperidine rings is 1. The molecule has 1 aromatic heterocycles. The molecule has 1 saturated heterocycles. The largest absolute Gasteiger partial charge is 0.495 e. The van der Waals surface area contributed by atoms with Gasteiger partial charge in [0.05, 0.1) is 23.2 Å². The topological polar surface area (TPSA) is 51.5 Å². The fourth-order valence-corrected chi connectivity index (χ4v) is 5.65. The smallest absolute Gasteiger partial charge is 0.268 e. The van der Waals surface area contributed by atoms with E-state index < -0.39 is 16.4 Å². The molecule has 2 aromatic carbocycles. The van der Waals surface area contributed by atoms with Crippen LogP contribution in [0, 0.1) is 0 Å². The third kappa shape index (κ3) is 3.69. The van der Waals surface area contributed by atoms with E-state index in [0.29, 0.717) is 15.9 Å². The average molecular weight is 499 g/mol. The summed E-state index contributed by atoms with van der Waals surface area (Å²) in [5.41, 5.74) is 0.593. The molecule has 0 aliphatic carbocycles. The first-order chi connectivity index (χ1) is 14.3. The summed E-state index contributed by atoms with van der Waals surface area (Å²) in [7, 11) is -2.55. The summed E-state index contributed by atoms with van der Waals surface area (Å²) in [4.78, 5) is 2.14. The Morgan fingerprint density at radius 1 is 1.07 bits per heavy atom. The highest BCUT2D eigenvalue weighted by atomic mass is 79.9. The molecule has 5 nitrogen and oxygen atoms in total. The van der Waals surface area contributed by atoms with Crippen LogP contribution in [0.3, 0.4) is 0 Å². The zero-order valence-electron chi connectivity index (χ0n) is 16.3. The number of nitrogens with zero attached hydrogens (tertiary/aromatic N) is 2. The minimum atomic E-state index is -4.09.